The zero-order chi connectivity index (χ0) is 11.4. The average molecular weight is 212 g/mol. The number of carbonyl (C=O) groups is 1. The molecular weight excluding hydrogens is 184 g/mol. The summed E-state index contributed by atoms with van der Waals surface area (Å²) in [5, 5.41) is 0. The highest BCUT2D eigenvalue weighted by molar-refractivity contribution is 5.48. The van der Waals surface area contributed by atoms with Crippen LogP contribution in [0.1, 0.15) is 78.1 Å². The topological polar surface area (TPSA) is 17.1 Å². The maximum absolute atomic E-state index is 10.1. The highest BCUT2D eigenvalue weighted by Crippen LogP contribution is 2.17. The first-order chi connectivity index (χ1) is 7.31. The molecule has 15 heavy (non-hydrogen) atoms. The third-order valence-electron chi connectivity index (χ3n) is 3.07. The number of unbranched alkanes of at least 4 members (excludes halogenated alkanes) is 6. The number of hydrogen-bond acceptors (Lipinski definition) is 1. The van der Waals surface area contributed by atoms with Crippen LogP contribution in [0.25, 0.3) is 0 Å². The quantitative estimate of drug-likeness (QED) is 0.357. The molecule has 0 bridgehead atoms. The normalized spacial score (nSPS) is 12.7. The molecule has 0 saturated heterocycles. The highest BCUT2D eigenvalue weighted by Gasteiger charge is 2.01. The molecule has 1 nitrogen and oxygen atoms in total. The van der Waals surface area contributed by atoms with Crippen molar-refractivity contribution in [3.63, 3.8) is 0 Å². The second kappa shape index (κ2) is 11.7. The minimum Gasteiger partial charge on any atom is -0.303 e. The summed E-state index contributed by atoms with van der Waals surface area (Å²) < 4.78 is 0. The van der Waals surface area contributed by atoms with Crippen LogP contribution in [0.4, 0.5) is 0 Å². The summed E-state index contributed by atoms with van der Waals surface area (Å²) >= 11 is 0. The lowest BCUT2D eigenvalue weighted by molar-refractivity contribution is -0.107. The van der Waals surface area contributed by atoms with Gasteiger partial charge < -0.3 is 4.79 Å². The van der Waals surface area contributed by atoms with Gasteiger partial charge in [0.15, 0.2) is 0 Å². The molecule has 0 aromatic carbocycles. The van der Waals surface area contributed by atoms with Gasteiger partial charge in [0.05, 0.1) is 0 Å². The summed E-state index contributed by atoms with van der Waals surface area (Å²) in [4.78, 5) is 10.1. The van der Waals surface area contributed by atoms with Gasteiger partial charge in [-0.3, -0.25) is 0 Å². The first-order valence-corrected chi connectivity index (χ1v) is 6.74. The molecule has 1 unspecified atom stereocenters. The Morgan fingerprint density at radius 1 is 0.933 bits per heavy atom. The molecule has 0 fully saturated rings. The summed E-state index contributed by atoms with van der Waals surface area (Å²) in [6.45, 7) is 4.63. The Morgan fingerprint density at radius 3 is 2.07 bits per heavy atom. The zero-order valence-corrected chi connectivity index (χ0v) is 10.6. The molecule has 1 atom stereocenters. The molecule has 0 aromatic rings. The molecular formula is C14H28O. The lowest BCUT2D eigenvalue weighted by atomic mass is 9.96. The van der Waals surface area contributed by atoms with Crippen LogP contribution in [0.3, 0.4) is 0 Å². The van der Waals surface area contributed by atoms with Gasteiger partial charge in [-0.05, 0) is 12.3 Å². The first kappa shape index (κ1) is 14.7. The lowest BCUT2D eigenvalue weighted by Crippen LogP contribution is -1.95. The molecule has 1 heteroatoms. The molecule has 0 aromatic heterocycles. The zero-order valence-electron chi connectivity index (χ0n) is 10.6. The van der Waals surface area contributed by atoms with Crippen LogP contribution in [0.2, 0.25) is 0 Å². The van der Waals surface area contributed by atoms with Gasteiger partial charge in [0.1, 0.15) is 6.29 Å². The van der Waals surface area contributed by atoms with E-state index >= 15 is 0 Å². The third kappa shape index (κ3) is 11.6. The van der Waals surface area contributed by atoms with Gasteiger partial charge in [0, 0.05) is 6.42 Å². The predicted molar refractivity (Wildman–Crippen MR) is 67.1 cm³/mol. The van der Waals surface area contributed by atoms with E-state index in [0.717, 1.165) is 25.0 Å². The monoisotopic (exact) mass is 212 g/mol. The van der Waals surface area contributed by atoms with Crippen LogP contribution >= 0.6 is 0 Å². The van der Waals surface area contributed by atoms with Crippen molar-refractivity contribution in [1.29, 1.82) is 0 Å². The average Bonchev–Trinajstić information content (AvgIpc) is 2.24. The van der Waals surface area contributed by atoms with E-state index in [1.54, 1.807) is 0 Å². The van der Waals surface area contributed by atoms with Gasteiger partial charge in [-0.2, -0.15) is 0 Å². The van der Waals surface area contributed by atoms with E-state index in [0.29, 0.717) is 0 Å². The van der Waals surface area contributed by atoms with Gasteiger partial charge >= 0.3 is 0 Å². The van der Waals surface area contributed by atoms with Crippen LogP contribution < -0.4 is 0 Å². The fourth-order valence-electron chi connectivity index (χ4n) is 1.96. The molecule has 0 aliphatic heterocycles. The maximum Gasteiger partial charge on any atom is 0.119 e. The molecule has 0 N–H and O–H groups in total. The Bertz CT molecular complexity index is 131. The fourth-order valence-corrected chi connectivity index (χ4v) is 1.96. The van der Waals surface area contributed by atoms with Crippen LogP contribution in [0, 0.1) is 5.92 Å². The van der Waals surface area contributed by atoms with Gasteiger partial charge in [0.25, 0.3) is 0 Å². The molecule has 0 aliphatic rings. The Labute approximate surface area is 95.6 Å². The van der Waals surface area contributed by atoms with Crippen molar-refractivity contribution < 1.29 is 4.79 Å². The van der Waals surface area contributed by atoms with Crippen molar-refractivity contribution in [2.75, 3.05) is 0 Å². The van der Waals surface area contributed by atoms with Gasteiger partial charge in [0.2, 0.25) is 0 Å². The number of carbonyl (C=O) groups excluding carboxylic acids is 1. The Morgan fingerprint density at radius 2 is 1.53 bits per heavy atom. The van der Waals surface area contributed by atoms with Crippen molar-refractivity contribution >= 4 is 6.29 Å². The second-order valence-electron chi connectivity index (χ2n) is 4.76. The van der Waals surface area contributed by atoms with E-state index in [4.69, 9.17) is 0 Å². The van der Waals surface area contributed by atoms with E-state index < -0.39 is 0 Å². The standard InChI is InChI=1S/C14H28O/c1-3-4-5-8-11-14(2)12-9-6-7-10-13-15/h13-14H,3-12H2,1-2H3. The summed E-state index contributed by atoms with van der Waals surface area (Å²) in [7, 11) is 0. The number of aldehydes is 1. The van der Waals surface area contributed by atoms with Crippen LogP contribution in [-0.2, 0) is 4.79 Å². The van der Waals surface area contributed by atoms with Gasteiger partial charge in [-0.1, -0.05) is 65.2 Å². The molecule has 0 spiro atoms. The molecule has 0 aliphatic carbocycles. The maximum atomic E-state index is 10.1. The van der Waals surface area contributed by atoms with E-state index in [-0.39, 0.29) is 0 Å². The minimum atomic E-state index is 0.755. The molecule has 0 amide bonds. The lowest BCUT2D eigenvalue weighted by Gasteiger charge is -2.10. The minimum absolute atomic E-state index is 0.755. The van der Waals surface area contributed by atoms with Crippen molar-refractivity contribution in [2.45, 2.75) is 78.1 Å². The summed E-state index contributed by atoms with van der Waals surface area (Å²) in [6.07, 6.45) is 13.7. The summed E-state index contributed by atoms with van der Waals surface area (Å²) in [6, 6.07) is 0. The van der Waals surface area contributed by atoms with Crippen molar-refractivity contribution in [2.24, 2.45) is 5.92 Å². The smallest absolute Gasteiger partial charge is 0.119 e. The van der Waals surface area contributed by atoms with Crippen molar-refractivity contribution in [1.82, 2.24) is 0 Å². The van der Waals surface area contributed by atoms with Crippen LogP contribution in [-0.4, -0.2) is 6.29 Å². The van der Waals surface area contributed by atoms with Crippen molar-refractivity contribution in [3.05, 3.63) is 0 Å². The molecule has 0 radical (unpaired) electrons. The second-order valence-corrected chi connectivity index (χ2v) is 4.76. The van der Waals surface area contributed by atoms with Gasteiger partial charge in [-0.25, -0.2) is 0 Å². The largest absolute Gasteiger partial charge is 0.303 e. The Kier molecular flexibility index (Phi) is 11.5. The van der Waals surface area contributed by atoms with E-state index in [1.807, 2.05) is 0 Å². The molecule has 90 valence electrons. The highest BCUT2D eigenvalue weighted by atomic mass is 16.1. The van der Waals surface area contributed by atoms with E-state index in [9.17, 15) is 4.79 Å². The van der Waals surface area contributed by atoms with Crippen molar-refractivity contribution in [3.8, 4) is 0 Å². The molecule has 0 heterocycles. The predicted octanol–water partition coefficient (Wildman–Crippen LogP) is 4.74. The molecule has 0 rings (SSSR count). The fraction of sp³-hybridized carbons (Fsp3) is 0.929. The first-order valence-electron chi connectivity index (χ1n) is 6.74. The SMILES string of the molecule is CCCCCCC(C)CCCCCC=O. The summed E-state index contributed by atoms with van der Waals surface area (Å²) in [5.41, 5.74) is 0. The van der Waals surface area contributed by atoms with E-state index in [2.05, 4.69) is 13.8 Å². The molecule has 0 saturated carbocycles. The van der Waals surface area contributed by atoms with E-state index in [1.165, 1.54) is 51.4 Å². The summed E-state index contributed by atoms with van der Waals surface area (Å²) in [5.74, 6) is 0.887. The number of rotatable bonds is 11. The Hall–Kier alpha value is -0.330. The van der Waals surface area contributed by atoms with Crippen LogP contribution in [0.15, 0.2) is 0 Å². The van der Waals surface area contributed by atoms with Gasteiger partial charge in [-0.15, -0.1) is 0 Å². The van der Waals surface area contributed by atoms with Crippen LogP contribution in [0.5, 0.6) is 0 Å². The number of hydrogen-bond donors (Lipinski definition) is 0. The Balaban J connectivity index is 3.11. The third-order valence-corrected chi connectivity index (χ3v) is 3.07.